The molecular weight excluding hydrogens is 140 g/mol. The number of hydrogen-bond donors (Lipinski definition) is 1. The summed E-state index contributed by atoms with van der Waals surface area (Å²) in [5, 5.41) is 0. The van der Waals surface area contributed by atoms with Gasteiger partial charge in [-0.1, -0.05) is 0 Å². The van der Waals surface area contributed by atoms with Gasteiger partial charge in [0.25, 0.3) is 0 Å². The summed E-state index contributed by atoms with van der Waals surface area (Å²) in [6.45, 7) is 0. The highest BCUT2D eigenvalue weighted by atomic mass is 35.5. The van der Waals surface area contributed by atoms with Crippen molar-refractivity contribution >= 4 is 11.8 Å². The lowest BCUT2D eigenvalue weighted by Gasteiger charge is -2.17. The largest absolute Gasteiger partial charge is 0.481 e. The van der Waals surface area contributed by atoms with Gasteiger partial charge in [0.15, 0.2) is 0 Å². The third kappa shape index (κ3) is 1.54. The number of ether oxygens (including phenoxy) is 1. The van der Waals surface area contributed by atoms with Crippen LogP contribution in [0.15, 0.2) is 24.2 Å². The van der Waals surface area contributed by atoms with Crippen LogP contribution in [0.5, 0.6) is 0 Å². The minimum atomic E-state index is 0.632. The second kappa shape index (κ2) is 2.64. The molecule has 1 aliphatic rings. The molecule has 1 aliphatic heterocycles. The van der Waals surface area contributed by atoms with E-state index in [0.717, 1.165) is 0 Å². The zero-order valence-corrected chi connectivity index (χ0v) is 5.72. The molecule has 0 bridgehead atoms. The van der Waals surface area contributed by atoms with E-state index in [0.29, 0.717) is 5.88 Å². The molecule has 0 fully saturated rings. The average Bonchev–Trinajstić information content (AvgIpc) is 1.88. The summed E-state index contributed by atoms with van der Waals surface area (Å²) in [6.07, 6.45) is 5.23. The highest BCUT2D eigenvalue weighted by molar-refractivity contribution is 6.13. The van der Waals surface area contributed by atoms with Crippen molar-refractivity contribution in [2.75, 3.05) is 7.11 Å². The van der Waals surface area contributed by atoms with Crippen LogP contribution in [0, 0.1) is 0 Å². The van der Waals surface area contributed by atoms with Gasteiger partial charge in [-0.15, -0.1) is 0 Å². The normalized spacial score (nSPS) is 16.7. The molecule has 0 radical (unpaired) electrons. The molecule has 0 saturated heterocycles. The quantitative estimate of drug-likeness (QED) is 0.558. The van der Waals surface area contributed by atoms with E-state index in [-0.39, 0.29) is 0 Å². The van der Waals surface area contributed by atoms with Crippen LogP contribution in [-0.2, 0) is 4.74 Å². The van der Waals surface area contributed by atoms with E-state index in [1.54, 1.807) is 25.5 Å². The Bertz CT molecular complexity index is 155. The summed E-state index contributed by atoms with van der Waals surface area (Å²) in [7, 11) is 1.57. The maximum Gasteiger partial charge on any atom is 0.206 e. The van der Waals surface area contributed by atoms with Gasteiger partial charge in [-0.05, 0) is 6.08 Å². The van der Waals surface area contributed by atoms with Gasteiger partial charge in [0.05, 0.1) is 7.11 Å². The van der Waals surface area contributed by atoms with Gasteiger partial charge in [0, 0.05) is 24.1 Å². The molecule has 0 amide bonds. The zero-order chi connectivity index (χ0) is 6.69. The average molecular weight is 147 g/mol. The first kappa shape index (κ1) is 6.29. The van der Waals surface area contributed by atoms with Crippen LogP contribution in [0.1, 0.15) is 0 Å². The Morgan fingerprint density at radius 3 is 3.00 bits per heavy atom. The topological polar surface area (TPSA) is 24.5 Å². The molecular formula is C5H7ClN2O. The Kier molecular flexibility index (Phi) is 1.85. The summed E-state index contributed by atoms with van der Waals surface area (Å²) in [5.74, 6) is 0.632. The fourth-order valence-electron chi connectivity index (χ4n) is 0.499. The molecule has 50 valence electrons. The lowest BCUT2D eigenvalue weighted by Crippen LogP contribution is -2.26. The monoisotopic (exact) mass is 146 g/mol. The SMILES string of the molecule is COC1=CC=CN(Cl)N1. The lowest BCUT2D eigenvalue weighted by atomic mass is 10.5. The second-order valence-corrected chi connectivity index (χ2v) is 1.86. The van der Waals surface area contributed by atoms with E-state index in [9.17, 15) is 0 Å². The van der Waals surface area contributed by atoms with E-state index in [2.05, 4.69) is 5.43 Å². The molecule has 0 unspecified atom stereocenters. The van der Waals surface area contributed by atoms with Gasteiger partial charge < -0.3 is 4.74 Å². The molecule has 0 aromatic heterocycles. The Balaban J connectivity index is 2.55. The fourth-order valence-corrected chi connectivity index (χ4v) is 0.648. The molecule has 1 N–H and O–H groups in total. The van der Waals surface area contributed by atoms with Crippen LogP contribution in [-0.4, -0.2) is 11.6 Å². The first-order valence-electron chi connectivity index (χ1n) is 2.47. The Hall–Kier alpha value is -0.830. The minimum absolute atomic E-state index is 0.632. The van der Waals surface area contributed by atoms with Crippen LogP contribution in [0.25, 0.3) is 0 Å². The summed E-state index contributed by atoms with van der Waals surface area (Å²) in [6, 6.07) is 0. The minimum Gasteiger partial charge on any atom is -0.481 e. The first-order chi connectivity index (χ1) is 4.33. The number of nitrogens with one attached hydrogen (secondary N) is 1. The van der Waals surface area contributed by atoms with Gasteiger partial charge in [-0.25, -0.2) is 4.53 Å². The van der Waals surface area contributed by atoms with E-state index < -0.39 is 0 Å². The van der Waals surface area contributed by atoms with Crippen LogP contribution in [0.2, 0.25) is 0 Å². The number of rotatable bonds is 1. The molecule has 0 spiro atoms. The second-order valence-electron chi connectivity index (χ2n) is 1.50. The third-order valence-corrected chi connectivity index (χ3v) is 1.10. The molecule has 1 rings (SSSR count). The van der Waals surface area contributed by atoms with Crippen LogP contribution < -0.4 is 5.43 Å². The maximum atomic E-state index is 5.50. The smallest absolute Gasteiger partial charge is 0.206 e. The van der Waals surface area contributed by atoms with Crippen molar-refractivity contribution in [3.05, 3.63) is 24.2 Å². The van der Waals surface area contributed by atoms with Gasteiger partial charge in [-0.2, -0.15) is 0 Å². The summed E-state index contributed by atoms with van der Waals surface area (Å²) < 4.78 is 6.12. The first-order valence-corrected chi connectivity index (χ1v) is 2.81. The molecule has 0 aliphatic carbocycles. The van der Waals surface area contributed by atoms with Crippen molar-refractivity contribution in [3.8, 4) is 0 Å². The summed E-state index contributed by atoms with van der Waals surface area (Å²) in [5.41, 5.74) is 2.72. The number of hydrazine groups is 1. The van der Waals surface area contributed by atoms with Crippen molar-refractivity contribution in [1.29, 1.82) is 0 Å². The van der Waals surface area contributed by atoms with Gasteiger partial charge in [-0.3, -0.25) is 5.43 Å². The predicted octanol–water partition coefficient (Wildman–Crippen LogP) is 0.962. The van der Waals surface area contributed by atoms with Crippen molar-refractivity contribution in [2.45, 2.75) is 0 Å². The van der Waals surface area contributed by atoms with Gasteiger partial charge >= 0.3 is 0 Å². The van der Waals surface area contributed by atoms with Crippen molar-refractivity contribution in [3.63, 3.8) is 0 Å². The number of hydrogen-bond acceptors (Lipinski definition) is 3. The molecule has 0 saturated carbocycles. The molecule has 4 heteroatoms. The predicted molar refractivity (Wildman–Crippen MR) is 35.1 cm³/mol. The Labute approximate surface area is 58.6 Å². The molecule has 0 atom stereocenters. The Morgan fingerprint density at radius 2 is 2.56 bits per heavy atom. The van der Waals surface area contributed by atoms with Crippen molar-refractivity contribution < 1.29 is 4.74 Å². The third-order valence-electron chi connectivity index (χ3n) is 0.901. The van der Waals surface area contributed by atoms with Crippen LogP contribution in [0.4, 0.5) is 0 Å². The van der Waals surface area contributed by atoms with Crippen molar-refractivity contribution in [2.24, 2.45) is 0 Å². The molecule has 0 aromatic rings. The molecule has 3 nitrogen and oxygen atoms in total. The van der Waals surface area contributed by atoms with Crippen LogP contribution >= 0.6 is 11.8 Å². The Morgan fingerprint density at radius 1 is 1.78 bits per heavy atom. The summed E-state index contributed by atoms with van der Waals surface area (Å²) in [4.78, 5) is 0. The summed E-state index contributed by atoms with van der Waals surface area (Å²) >= 11 is 5.50. The highest BCUT2D eigenvalue weighted by Crippen LogP contribution is 2.02. The lowest BCUT2D eigenvalue weighted by molar-refractivity contribution is 0.224. The number of methoxy groups -OCH3 is 1. The van der Waals surface area contributed by atoms with E-state index in [4.69, 9.17) is 16.5 Å². The fraction of sp³-hybridized carbons (Fsp3) is 0.200. The molecule has 1 heterocycles. The molecule has 9 heavy (non-hydrogen) atoms. The zero-order valence-electron chi connectivity index (χ0n) is 4.97. The van der Waals surface area contributed by atoms with E-state index in [1.165, 1.54) is 4.53 Å². The van der Waals surface area contributed by atoms with Gasteiger partial charge in [0.2, 0.25) is 5.88 Å². The van der Waals surface area contributed by atoms with E-state index >= 15 is 0 Å². The molecule has 0 aromatic carbocycles. The number of nitrogens with zero attached hydrogens (tertiary/aromatic N) is 1. The maximum absolute atomic E-state index is 5.50. The van der Waals surface area contributed by atoms with Gasteiger partial charge in [0.1, 0.15) is 0 Å². The number of allylic oxidation sites excluding steroid dienone is 2. The highest BCUT2D eigenvalue weighted by Gasteiger charge is 2.00. The van der Waals surface area contributed by atoms with Crippen LogP contribution in [0.3, 0.4) is 0 Å². The standard InChI is InChI=1S/C5H7ClN2O/c1-9-5-3-2-4-8(6)7-5/h2-4,7H,1H3. The van der Waals surface area contributed by atoms with Crippen molar-refractivity contribution in [1.82, 2.24) is 9.95 Å². The van der Waals surface area contributed by atoms with E-state index in [1.807, 2.05) is 0 Å². The number of halogens is 1.